The van der Waals surface area contributed by atoms with Crippen molar-refractivity contribution in [2.75, 3.05) is 4.90 Å². The van der Waals surface area contributed by atoms with E-state index in [1.807, 2.05) is 26.0 Å². The van der Waals surface area contributed by atoms with Gasteiger partial charge in [-0.25, -0.2) is 4.98 Å². The lowest BCUT2D eigenvalue weighted by Crippen LogP contribution is -2.30. The number of Topliss-reactive ketones (excluding diaryl/α,β-unsaturated/α-hetero) is 1. The molecule has 0 bridgehead atoms. The number of hydrogen-bond donors (Lipinski definition) is 2. The second-order valence-electron chi connectivity index (χ2n) is 8.01. The molecule has 1 atom stereocenters. The van der Waals surface area contributed by atoms with Gasteiger partial charge >= 0.3 is 5.91 Å². The van der Waals surface area contributed by atoms with Crippen LogP contribution in [-0.2, 0) is 9.59 Å². The molecule has 5 rings (SSSR count). The number of non-ortho nitro benzene ring substituents is 1. The van der Waals surface area contributed by atoms with Gasteiger partial charge in [0.05, 0.1) is 27.8 Å². The SMILES string of the molecule is Cc1cc2nc(N3C(=O)C(=O)/C(=C(/O)c4cccc([N+](=O)[O-])c4)C3c3ccco3)[nH]c2cc1C. The standard InChI is InChI=1S/C24H18N4O6/c1-12-9-16-17(10-13(12)2)26-24(25-16)27-20(18-7-4-8-34-18)19(22(30)23(27)31)21(29)14-5-3-6-15(11-14)28(32)33/h3-11,20,29H,1-2H3,(H,25,26)/b21-19+. The van der Waals surface area contributed by atoms with E-state index >= 15 is 0 Å². The first-order valence-electron chi connectivity index (χ1n) is 10.3. The largest absolute Gasteiger partial charge is 0.507 e. The number of imidazole rings is 1. The average Bonchev–Trinajstić information content (AvgIpc) is 3.53. The molecule has 2 N–H and O–H groups in total. The van der Waals surface area contributed by atoms with Crippen LogP contribution < -0.4 is 4.90 Å². The molecule has 10 heteroatoms. The van der Waals surface area contributed by atoms with Crippen LogP contribution in [0.25, 0.3) is 16.8 Å². The van der Waals surface area contributed by atoms with E-state index in [0.717, 1.165) is 22.1 Å². The van der Waals surface area contributed by atoms with Crippen LogP contribution in [0.5, 0.6) is 0 Å². The summed E-state index contributed by atoms with van der Waals surface area (Å²) in [5.41, 5.74) is 2.83. The van der Waals surface area contributed by atoms with Gasteiger partial charge in [-0.05, 0) is 49.2 Å². The zero-order valence-electron chi connectivity index (χ0n) is 18.1. The van der Waals surface area contributed by atoms with Crippen LogP contribution in [0.2, 0.25) is 0 Å². The number of aliphatic hydroxyl groups excluding tert-OH is 1. The third-order valence-corrected chi connectivity index (χ3v) is 5.90. The Morgan fingerprint density at radius 1 is 1.15 bits per heavy atom. The Balaban J connectivity index is 1.71. The highest BCUT2D eigenvalue weighted by Gasteiger charge is 2.49. The number of carbonyl (C=O) groups excluding carboxylic acids is 2. The van der Waals surface area contributed by atoms with Crippen LogP contribution in [-0.4, -0.2) is 31.7 Å². The zero-order chi connectivity index (χ0) is 24.1. The van der Waals surface area contributed by atoms with Gasteiger partial charge in [-0.15, -0.1) is 0 Å². The van der Waals surface area contributed by atoms with Gasteiger partial charge in [-0.1, -0.05) is 12.1 Å². The number of H-pyrrole nitrogens is 1. The Morgan fingerprint density at radius 2 is 1.91 bits per heavy atom. The lowest BCUT2D eigenvalue weighted by molar-refractivity contribution is -0.384. The number of amides is 1. The highest BCUT2D eigenvalue weighted by molar-refractivity contribution is 6.51. The van der Waals surface area contributed by atoms with E-state index in [4.69, 9.17) is 4.42 Å². The summed E-state index contributed by atoms with van der Waals surface area (Å²) in [7, 11) is 0. The van der Waals surface area contributed by atoms with Gasteiger partial charge < -0.3 is 14.5 Å². The number of anilines is 1. The monoisotopic (exact) mass is 458 g/mol. The molecule has 4 aromatic rings. The molecule has 1 saturated heterocycles. The molecule has 1 fully saturated rings. The molecule has 2 aromatic carbocycles. The highest BCUT2D eigenvalue weighted by atomic mass is 16.6. The van der Waals surface area contributed by atoms with Crippen LogP contribution in [0.15, 0.2) is 64.8 Å². The summed E-state index contributed by atoms with van der Waals surface area (Å²) in [6, 6.07) is 11.0. The molecule has 0 saturated carbocycles. The molecule has 1 aliphatic rings. The summed E-state index contributed by atoms with van der Waals surface area (Å²) in [6.07, 6.45) is 1.38. The van der Waals surface area contributed by atoms with Crippen molar-refractivity contribution in [2.24, 2.45) is 0 Å². The number of aromatic nitrogens is 2. The number of nitro groups is 1. The molecule has 1 unspecified atom stereocenters. The Labute approximate surface area is 192 Å². The summed E-state index contributed by atoms with van der Waals surface area (Å²) < 4.78 is 5.52. The van der Waals surface area contributed by atoms with E-state index in [0.29, 0.717) is 11.0 Å². The summed E-state index contributed by atoms with van der Waals surface area (Å²) in [5, 5.41) is 22.2. The van der Waals surface area contributed by atoms with E-state index in [2.05, 4.69) is 9.97 Å². The minimum atomic E-state index is -1.13. The van der Waals surface area contributed by atoms with E-state index in [1.54, 1.807) is 12.1 Å². The van der Waals surface area contributed by atoms with Gasteiger partial charge in [0, 0.05) is 17.7 Å². The molecule has 0 spiro atoms. The van der Waals surface area contributed by atoms with Gasteiger partial charge in [-0.2, -0.15) is 0 Å². The third-order valence-electron chi connectivity index (χ3n) is 5.90. The van der Waals surface area contributed by atoms with Crippen molar-refractivity contribution in [1.82, 2.24) is 9.97 Å². The maximum absolute atomic E-state index is 13.2. The normalized spacial score (nSPS) is 17.6. The van der Waals surface area contributed by atoms with Gasteiger partial charge in [0.25, 0.3) is 11.5 Å². The van der Waals surface area contributed by atoms with Crippen LogP contribution in [0.3, 0.4) is 0 Å². The summed E-state index contributed by atoms with van der Waals surface area (Å²) in [5.74, 6) is -2.09. The fourth-order valence-corrected chi connectivity index (χ4v) is 4.06. The molecule has 1 amide bonds. The number of aryl methyl sites for hydroxylation is 2. The Bertz CT molecular complexity index is 1480. The van der Waals surface area contributed by atoms with E-state index in [9.17, 15) is 24.8 Å². The molecule has 34 heavy (non-hydrogen) atoms. The smallest absolute Gasteiger partial charge is 0.302 e. The van der Waals surface area contributed by atoms with Gasteiger partial charge in [0.2, 0.25) is 5.95 Å². The fraction of sp³-hybridized carbons (Fsp3) is 0.125. The number of fused-ring (bicyclic) bond motifs is 1. The minimum Gasteiger partial charge on any atom is -0.507 e. The molecule has 10 nitrogen and oxygen atoms in total. The second-order valence-corrected chi connectivity index (χ2v) is 8.01. The lowest BCUT2D eigenvalue weighted by atomic mass is 9.99. The lowest BCUT2D eigenvalue weighted by Gasteiger charge is -2.20. The Kier molecular flexibility index (Phi) is 4.78. The quantitative estimate of drug-likeness (QED) is 0.152. The number of benzene rings is 2. The fourth-order valence-electron chi connectivity index (χ4n) is 4.06. The van der Waals surface area contributed by atoms with Crippen molar-refractivity contribution in [3.63, 3.8) is 0 Å². The van der Waals surface area contributed by atoms with Crippen LogP contribution in [0, 0.1) is 24.0 Å². The second kappa shape index (κ2) is 7.69. The molecule has 170 valence electrons. The number of aromatic amines is 1. The topological polar surface area (TPSA) is 143 Å². The number of rotatable bonds is 4. The summed E-state index contributed by atoms with van der Waals surface area (Å²) in [4.78, 5) is 45.6. The Hall–Kier alpha value is -4.73. The van der Waals surface area contributed by atoms with E-state index < -0.39 is 28.4 Å². The average molecular weight is 458 g/mol. The number of carbonyl (C=O) groups is 2. The molecule has 0 aliphatic carbocycles. The van der Waals surface area contributed by atoms with E-state index in [-0.39, 0.29) is 28.5 Å². The summed E-state index contributed by atoms with van der Waals surface area (Å²) >= 11 is 0. The molecule has 2 aromatic heterocycles. The van der Waals surface area contributed by atoms with Gasteiger partial charge in [-0.3, -0.25) is 24.6 Å². The molecular formula is C24H18N4O6. The van der Waals surface area contributed by atoms with Crippen molar-refractivity contribution >= 4 is 40.1 Å². The molecule has 3 heterocycles. The predicted octanol–water partition coefficient (Wildman–Crippen LogP) is 4.31. The first-order chi connectivity index (χ1) is 16.3. The number of hydrogen-bond acceptors (Lipinski definition) is 7. The van der Waals surface area contributed by atoms with Gasteiger partial charge in [0.15, 0.2) is 0 Å². The van der Waals surface area contributed by atoms with Crippen molar-refractivity contribution in [3.05, 3.63) is 92.9 Å². The van der Waals surface area contributed by atoms with Crippen molar-refractivity contribution < 1.29 is 24.0 Å². The number of nitro benzene ring substituents is 1. The van der Waals surface area contributed by atoms with Crippen LogP contribution >= 0.6 is 0 Å². The van der Waals surface area contributed by atoms with Crippen molar-refractivity contribution in [1.29, 1.82) is 0 Å². The number of nitrogens with zero attached hydrogens (tertiary/aromatic N) is 3. The minimum absolute atomic E-state index is 0.0274. The predicted molar refractivity (Wildman–Crippen MR) is 122 cm³/mol. The zero-order valence-corrected chi connectivity index (χ0v) is 18.1. The van der Waals surface area contributed by atoms with Crippen LogP contribution in [0.4, 0.5) is 11.6 Å². The van der Waals surface area contributed by atoms with Gasteiger partial charge in [0.1, 0.15) is 17.6 Å². The summed E-state index contributed by atoms with van der Waals surface area (Å²) in [6.45, 7) is 3.89. The van der Waals surface area contributed by atoms with Crippen molar-refractivity contribution in [2.45, 2.75) is 19.9 Å². The van der Waals surface area contributed by atoms with Crippen LogP contribution in [0.1, 0.15) is 28.5 Å². The first-order valence-corrected chi connectivity index (χ1v) is 10.3. The molecule has 1 aliphatic heterocycles. The first kappa shape index (κ1) is 21.1. The van der Waals surface area contributed by atoms with Crippen molar-refractivity contribution in [3.8, 4) is 0 Å². The number of aliphatic hydroxyl groups is 1. The maximum Gasteiger partial charge on any atom is 0.302 e. The van der Waals surface area contributed by atoms with E-state index in [1.165, 1.54) is 24.5 Å². The number of furan rings is 1. The maximum atomic E-state index is 13.2. The molecular weight excluding hydrogens is 440 g/mol. The highest BCUT2D eigenvalue weighted by Crippen LogP contribution is 2.42. The number of ketones is 1. The number of nitrogens with one attached hydrogen (secondary N) is 1. The molecule has 0 radical (unpaired) electrons. The Morgan fingerprint density at radius 3 is 2.62 bits per heavy atom. The third kappa shape index (κ3) is 3.24.